The highest BCUT2D eigenvalue weighted by atomic mass is 32.2. The topological polar surface area (TPSA) is 102 Å². The minimum atomic E-state index is -3.72. The van der Waals surface area contributed by atoms with Crippen LogP contribution in [0.3, 0.4) is 0 Å². The van der Waals surface area contributed by atoms with Crippen molar-refractivity contribution in [1.29, 1.82) is 0 Å². The van der Waals surface area contributed by atoms with Crippen LogP contribution in [0.5, 0.6) is 0 Å². The van der Waals surface area contributed by atoms with Crippen LogP contribution in [0.25, 0.3) is 0 Å². The highest BCUT2D eigenvalue weighted by Crippen LogP contribution is 2.21. The maximum absolute atomic E-state index is 12.8. The smallest absolute Gasteiger partial charge is 0.338 e. The van der Waals surface area contributed by atoms with E-state index in [0.717, 1.165) is 11.1 Å². The standard InChI is InChI=1S/C26H28N2O5S/c1-3-33-26(30)21-11-13-23(14-12-21)28-25(29)17-22(20-7-5-4-6-8-20)18-27-34(31,32)24-15-9-19(2)10-16-24/h4-16,22,27H,3,17-18H2,1-2H3,(H,28,29). The zero-order valence-corrected chi connectivity index (χ0v) is 20.0. The second-order valence-corrected chi connectivity index (χ2v) is 9.59. The van der Waals surface area contributed by atoms with E-state index in [1.807, 2.05) is 37.3 Å². The summed E-state index contributed by atoms with van der Waals surface area (Å²) >= 11 is 0. The number of aryl methyl sites for hydroxylation is 1. The Hall–Kier alpha value is -3.49. The van der Waals surface area contributed by atoms with Gasteiger partial charge >= 0.3 is 5.97 Å². The molecule has 1 amide bonds. The Bertz CT molecular complexity index is 1210. The van der Waals surface area contributed by atoms with Crippen molar-refractivity contribution in [3.05, 3.63) is 95.6 Å². The first kappa shape index (κ1) is 25.1. The fourth-order valence-electron chi connectivity index (χ4n) is 3.38. The van der Waals surface area contributed by atoms with E-state index in [2.05, 4.69) is 10.0 Å². The Balaban J connectivity index is 1.68. The summed E-state index contributed by atoms with van der Waals surface area (Å²) in [4.78, 5) is 24.7. The Kier molecular flexibility index (Phi) is 8.56. The quantitative estimate of drug-likeness (QED) is 0.422. The molecule has 0 saturated carbocycles. The molecule has 0 aromatic heterocycles. The van der Waals surface area contributed by atoms with Gasteiger partial charge in [0.1, 0.15) is 0 Å². The normalized spacial score (nSPS) is 12.1. The summed E-state index contributed by atoms with van der Waals surface area (Å²) < 4.78 is 33.1. The summed E-state index contributed by atoms with van der Waals surface area (Å²) in [6.07, 6.45) is 0.0695. The summed E-state index contributed by atoms with van der Waals surface area (Å²) in [6.45, 7) is 3.97. The molecule has 178 valence electrons. The van der Waals surface area contributed by atoms with Crippen LogP contribution in [0.1, 0.15) is 40.7 Å². The monoisotopic (exact) mass is 480 g/mol. The second kappa shape index (κ2) is 11.6. The molecule has 1 unspecified atom stereocenters. The van der Waals surface area contributed by atoms with Crippen molar-refractivity contribution < 1.29 is 22.7 Å². The molecule has 0 bridgehead atoms. The lowest BCUT2D eigenvalue weighted by molar-refractivity contribution is -0.116. The van der Waals surface area contributed by atoms with E-state index in [4.69, 9.17) is 4.74 Å². The molecule has 3 aromatic carbocycles. The number of carbonyl (C=O) groups is 2. The lowest BCUT2D eigenvalue weighted by atomic mass is 9.95. The molecule has 3 aromatic rings. The van der Waals surface area contributed by atoms with Crippen LogP contribution >= 0.6 is 0 Å². The number of esters is 1. The maximum Gasteiger partial charge on any atom is 0.338 e. The number of benzene rings is 3. The van der Waals surface area contributed by atoms with Crippen molar-refractivity contribution in [2.45, 2.75) is 31.1 Å². The molecule has 0 heterocycles. The number of hydrogen-bond donors (Lipinski definition) is 2. The molecule has 0 aliphatic carbocycles. The number of amides is 1. The summed E-state index contributed by atoms with van der Waals surface area (Å²) in [6, 6.07) is 22.3. The van der Waals surface area contributed by atoms with Gasteiger partial charge < -0.3 is 10.1 Å². The molecule has 34 heavy (non-hydrogen) atoms. The van der Waals surface area contributed by atoms with Crippen molar-refractivity contribution in [1.82, 2.24) is 4.72 Å². The predicted octanol–water partition coefficient (Wildman–Crippen LogP) is 4.26. The number of anilines is 1. The van der Waals surface area contributed by atoms with Gasteiger partial charge in [-0.15, -0.1) is 0 Å². The number of rotatable bonds is 10. The van der Waals surface area contributed by atoms with Gasteiger partial charge in [0.05, 0.1) is 17.1 Å². The van der Waals surface area contributed by atoms with Crippen LogP contribution < -0.4 is 10.0 Å². The van der Waals surface area contributed by atoms with Gasteiger partial charge in [-0.1, -0.05) is 48.0 Å². The highest BCUT2D eigenvalue weighted by molar-refractivity contribution is 7.89. The Labute approximate surface area is 200 Å². The average Bonchev–Trinajstić information content (AvgIpc) is 2.83. The lowest BCUT2D eigenvalue weighted by Crippen LogP contribution is -2.30. The van der Waals surface area contributed by atoms with Crippen molar-refractivity contribution in [2.24, 2.45) is 0 Å². The predicted molar refractivity (Wildman–Crippen MR) is 131 cm³/mol. The third-order valence-electron chi connectivity index (χ3n) is 5.23. The number of nitrogens with one attached hydrogen (secondary N) is 2. The van der Waals surface area contributed by atoms with E-state index in [-0.39, 0.29) is 36.3 Å². The SMILES string of the molecule is CCOC(=O)c1ccc(NC(=O)CC(CNS(=O)(=O)c2ccc(C)cc2)c2ccccc2)cc1. The zero-order valence-electron chi connectivity index (χ0n) is 19.2. The van der Waals surface area contributed by atoms with Crippen LogP contribution in [0.4, 0.5) is 5.69 Å². The first-order valence-corrected chi connectivity index (χ1v) is 12.4. The average molecular weight is 481 g/mol. The summed E-state index contributed by atoms with van der Waals surface area (Å²) in [5, 5.41) is 2.81. The van der Waals surface area contributed by atoms with E-state index < -0.39 is 16.0 Å². The maximum atomic E-state index is 12.8. The molecule has 0 fully saturated rings. The molecule has 8 heteroatoms. The third-order valence-corrected chi connectivity index (χ3v) is 6.67. The van der Waals surface area contributed by atoms with Gasteiger partial charge in [-0.25, -0.2) is 17.9 Å². The molecule has 0 aliphatic rings. The van der Waals surface area contributed by atoms with Crippen LogP contribution in [0.2, 0.25) is 0 Å². The summed E-state index contributed by atoms with van der Waals surface area (Å²) in [5.74, 6) is -1.07. The number of carbonyl (C=O) groups excluding carboxylic acids is 2. The van der Waals surface area contributed by atoms with Gasteiger partial charge in [0, 0.05) is 24.6 Å². The van der Waals surface area contributed by atoms with Gasteiger partial charge in [-0.3, -0.25) is 4.79 Å². The molecule has 2 N–H and O–H groups in total. The Morgan fingerprint density at radius 1 is 0.912 bits per heavy atom. The fraction of sp³-hybridized carbons (Fsp3) is 0.231. The second-order valence-electron chi connectivity index (χ2n) is 7.82. The molecule has 7 nitrogen and oxygen atoms in total. The molecule has 0 saturated heterocycles. The third kappa shape index (κ3) is 7.00. The van der Waals surface area contributed by atoms with Crippen LogP contribution in [-0.2, 0) is 19.6 Å². The lowest BCUT2D eigenvalue weighted by Gasteiger charge is -2.18. The summed E-state index contributed by atoms with van der Waals surface area (Å²) in [7, 11) is -3.72. The number of sulfonamides is 1. The van der Waals surface area contributed by atoms with E-state index in [9.17, 15) is 18.0 Å². The largest absolute Gasteiger partial charge is 0.462 e. The molecule has 0 radical (unpaired) electrons. The van der Waals surface area contributed by atoms with Crippen molar-refractivity contribution >= 4 is 27.6 Å². The van der Waals surface area contributed by atoms with Crippen molar-refractivity contribution in [3.63, 3.8) is 0 Å². The Morgan fingerprint density at radius 2 is 1.56 bits per heavy atom. The van der Waals surface area contributed by atoms with Crippen LogP contribution in [-0.4, -0.2) is 33.4 Å². The van der Waals surface area contributed by atoms with Gasteiger partial charge in [0.15, 0.2) is 0 Å². The minimum absolute atomic E-state index is 0.0649. The molecule has 0 spiro atoms. The first-order chi connectivity index (χ1) is 16.3. The molecular weight excluding hydrogens is 452 g/mol. The van der Waals surface area contributed by atoms with E-state index in [0.29, 0.717) is 11.3 Å². The minimum Gasteiger partial charge on any atom is -0.462 e. The van der Waals surface area contributed by atoms with E-state index in [1.54, 1.807) is 55.5 Å². The van der Waals surface area contributed by atoms with Gasteiger partial charge in [-0.2, -0.15) is 0 Å². The summed E-state index contributed by atoms with van der Waals surface area (Å²) in [5.41, 5.74) is 2.74. The highest BCUT2D eigenvalue weighted by Gasteiger charge is 2.21. The van der Waals surface area contributed by atoms with Gasteiger partial charge in [0.2, 0.25) is 15.9 Å². The number of ether oxygens (including phenoxy) is 1. The fourth-order valence-corrected chi connectivity index (χ4v) is 4.47. The Morgan fingerprint density at radius 3 is 2.18 bits per heavy atom. The van der Waals surface area contributed by atoms with Gasteiger partial charge in [0.25, 0.3) is 0 Å². The number of hydrogen-bond acceptors (Lipinski definition) is 5. The van der Waals surface area contributed by atoms with Crippen LogP contribution in [0.15, 0.2) is 83.8 Å². The molecule has 1 atom stereocenters. The first-order valence-electron chi connectivity index (χ1n) is 11.0. The molecule has 0 aliphatic heterocycles. The zero-order chi connectivity index (χ0) is 24.6. The molecule has 3 rings (SSSR count). The van der Waals surface area contributed by atoms with Gasteiger partial charge in [-0.05, 0) is 55.8 Å². The van der Waals surface area contributed by atoms with Crippen molar-refractivity contribution in [3.8, 4) is 0 Å². The van der Waals surface area contributed by atoms with Crippen LogP contribution in [0, 0.1) is 6.92 Å². The molecular formula is C26H28N2O5S. The van der Waals surface area contributed by atoms with E-state index >= 15 is 0 Å². The van der Waals surface area contributed by atoms with Crippen molar-refractivity contribution in [2.75, 3.05) is 18.5 Å². The van der Waals surface area contributed by atoms with E-state index in [1.165, 1.54) is 0 Å².